The molecule has 1 amide bonds. The number of carbonyl (C=O) groups excluding carboxylic acids is 1. The molecular formula is C23H23N3O5. The van der Waals surface area contributed by atoms with Crippen LogP contribution in [0.3, 0.4) is 0 Å². The molecule has 0 saturated heterocycles. The highest BCUT2D eigenvalue weighted by atomic mass is 16.5. The number of para-hydroxylation sites is 2. The number of hydrogen-bond acceptors (Lipinski definition) is 6. The molecule has 1 heterocycles. The SMILES string of the molecule is CCC(Oc1ccccc1OC)c1cnc(C(=O)NCc2ccc(C(=O)O)cc2)nc1. The molecule has 3 rings (SSSR count). The lowest BCUT2D eigenvalue weighted by Gasteiger charge is -2.19. The van der Waals surface area contributed by atoms with Gasteiger partial charge in [0.25, 0.3) is 5.91 Å². The van der Waals surface area contributed by atoms with E-state index in [0.29, 0.717) is 17.9 Å². The Morgan fingerprint density at radius 1 is 1.03 bits per heavy atom. The normalized spacial score (nSPS) is 11.4. The van der Waals surface area contributed by atoms with Gasteiger partial charge in [-0.25, -0.2) is 14.8 Å². The van der Waals surface area contributed by atoms with E-state index in [4.69, 9.17) is 14.6 Å². The summed E-state index contributed by atoms with van der Waals surface area (Å²) in [5.74, 6) is -0.128. The van der Waals surface area contributed by atoms with Gasteiger partial charge >= 0.3 is 5.97 Å². The number of hydrogen-bond donors (Lipinski definition) is 2. The predicted octanol–water partition coefficient (Wildman–Crippen LogP) is 3.64. The number of carboxylic acids is 1. The monoisotopic (exact) mass is 421 g/mol. The fourth-order valence-corrected chi connectivity index (χ4v) is 2.90. The van der Waals surface area contributed by atoms with E-state index in [2.05, 4.69) is 15.3 Å². The van der Waals surface area contributed by atoms with Gasteiger partial charge in [0.1, 0.15) is 6.10 Å². The van der Waals surface area contributed by atoms with Gasteiger partial charge in [0.2, 0.25) is 5.82 Å². The number of amides is 1. The maximum absolute atomic E-state index is 12.3. The van der Waals surface area contributed by atoms with Crippen LogP contribution in [0.25, 0.3) is 0 Å². The Morgan fingerprint density at radius 3 is 2.26 bits per heavy atom. The Hall–Kier alpha value is -3.94. The van der Waals surface area contributed by atoms with Gasteiger partial charge in [0, 0.05) is 24.5 Å². The van der Waals surface area contributed by atoms with E-state index in [1.54, 1.807) is 31.6 Å². The highest BCUT2D eigenvalue weighted by Crippen LogP contribution is 2.31. The van der Waals surface area contributed by atoms with Gasteiger partial charge in [0.05, 0.1) is 12.7 Å². The number of methoxy groups -OCH3 is 1. The molecule has 0 saturated carbocycles. The van der Waals surface area contributed by atoms with Gasteiger partial charge in [0.15, 0.2) is 11.5 Å². The fourth-order valence-electron chi connectivity index (χ4n) is 2.90. The molecule has 0 bridgehead atoms. The first-order chi connectivity index (χ1) is 15.0. The third kappa shape index (κ3) is 5.57. The predicted molar refractivity (Wildman–Crippen MR) is 113 cm³/mol. The Balaban J connectivity index is 1.62. The number of aromatic nitrogens is 2. The Morgan fingerprint density at radius 2 is 1.68 bits per heavy atom. The number of ether oxygens (including phenoxy) is 2. The summed E-state index contributed by atoms with van der Waals surface area (Å²) in [6, 6.07) is 13.6. The maximum Gasteiger partial charge on any atom is 0.335 e. The van der Waals surface area contributed by atoms with Crippen molar-refractivity contribution in [2.45, 2.75) is 26.0 Å². The standard InChI is InChI=1S/C23H23N3O5/c1-3-18(31-20-7-5-4-6-19(20)30-2)17-13-24-21(25-14-17)22(27)26-12-15-8-10-16(11-9-15)23(28)29/h4-11,13-14,18H,3,12H2,1-2H3,(H,26,27)(H,28,29). The largest absolute Gasteiger partial charge is 0.493 e. The zero-order valence-electron chi connectivity index (χ0n) is 17.2. The molecule has 1 unspecified atom stereocenters. The van der Waals surface area contributed by atoms with Crippen LogP contribution >= 0.6 is 0 Å². The molecule has 0 aliphatic heterocycles. The summed E-state index contributed by atoms with van der Waals surface area (Å²) in [5.41, 5.74) is 1.70. The number of aromatic carboxylic acids is 1. The van der Waals surface area contributed by atoms with Crippen molar-refractivity contribution >= 4 is 11.9 Å². The summed E-state index contributed by atoms with van der Waals surface area (Å²) in [5, 5.41) is 11.7. The first-order valence-electron chi connectivity index (χ1n) is 9.73. The lowest BCUT2D eigenvalue weighted by atomic mass is 10.1. The number of carbonyl (C=O) groups is 2. The van der Waals surface area contributed by atoms with Crippen LogP contribution in [0.5, 0.6) is 11.5 Å². The van der Waals surface area contributed by atoms with Crippen molar-refractivity contribution in [1.29, 1.82) is 0 Å². The van der Waals surface area contributed by atoms with Gasteiger partial charge in [-0.05, 0) is 36.2 Å². The van der Waals surface area contributed by atoms with Crippen LogP contribution in [0, 0.1) is 0 Å². The number of carboxylic acid groups (broad SMARTS) is 1. The van der Waals surface area contributed by atoms with Crippen LogP contribution in [0.15, 0.2) is 60.9 Å². The molecule has 0 aliphatic carbocycles. The molecule has 0 aliphatic rings. The van der Waals surface area contributed by atoms with Crippen LogP contribution in [0.4, 0.5) is 0 Å². The third-order valence-corrected chi connectivity index (χ3v) is 4.61. The summed E-state index contributed by atoms with van der Waals surface area (Å²) in [6.45, 7) is 2.22. The molecule has 1 aromatic heterocycles. The molecular weight excluding hydrogens is 398 g/mol. The molecule has 31 heavy (non-hydrogen) atoms. The summed E-state index contributed by atoms with van der Waals surface area (Å²) in [4.78, 5) is 31.6. The number of benzene rings is 2. The van der Waals surface area contributed by atoms with Crippen molar-refractivity contribution in [1.82, 2.24) is 15.3 Å². The minimum Gasteiger partial charge on any atom is -0.493 e. The molecule has 8 heteroatoms. The first kappa shape index (κ1) is 21.8. The first-order valence-corrected chi connectivity index (χ1v) is 9.73. The van der Waals surface area contributed by atoms with E-state index in [1.807, 2.05) is 31.2 Å². The van der Waals surface area contributed by atoms with Crippen molar-refractivity contribution in [2.75, 3.05) is 7.11 Å². The second kappa shape index (κ2) is 10.2. The Kier molecular flexibility index (Phi) is 7.16. The van der Waals surface area contributed by atoms with Gasteiger partial charge in [-0.1, -0.05) is 31.2 Å². The molecule has 0 fully saturated rings. The summed E-state index contributed by atoms with van der Waals surface area (Å²) in [7, 11) is 1.58. The van der Waals surface area contributed by atoms with E-state index in [1.165, 1.54) is 12.1 Å². The van der Waals surface area contributed by atoms with Gasteiger partial charge in [-0.15, -0.1) is 0 Å². The molecule has 2 aromatic carbocycles. The van der Waals surface area contributed by atoms with Crippen molar-refractivity contribution in [2.24, 2.45) is 0 Å². The highest BCUT2D eigenvalue weighted by molar-refractivity contribution is 5.90. The Bertz CT molecular complexity index is 1040. The van der Waals surface area contributed by atoms with Crippen molar-refractivity contribution in [3.63, 3.8) is 0 Å². The lowest BCUT2D eigenvalue weighted by Crippen LogP contribution is -2.25. The number of nitrogens with one attached hydrogen (secondary N) is 1. The quantitative estimate of drug-likeness (QED) is 0.543. The zero-order valence-corrected chi connectivity index (χ0v) is 17.2. The van der Waals surface area contributed by atoms with Gasteiger partial charge < -0.3 is 19.9 Å². The molecule has 1 atom stereocenters. The summed E-state index contributed by atoms with van der Waals surface area (Å²) >= 11 is 0. The lowest BCUT2D eigenvalue weighted by molar-refractivity contribution is 0.0696. The second-order valence-electron chi connectivity index (χ2n) is 6.69. The molecule has 0 spiro atoms. The van der Waals surface area contributed by atoms with Crippen LogP contribution in [-0.4, -0.2) is 34.1 Å². The maximum atomic E-state index is 12.3. The second-order valence-corrected chi connectivity index (χ2v) is 6.69. The molecule has 2 N–H and O–H groups in total. The third-order valence-electron chi connectivity index (χ3n) is 4.61. The van der Waals surface area contributed by atoms with Crippen molar-refractivity contribution < 1.29 is 24.2 Å². The van der Waals surface area contributed by atoms with E-state index < -0.39 is 11.9 Å². The van der Waals surface area contributed by atoms with E-state index >= 15 is 0 Å². The molecule has 3 aromatic rings. The molecule has 160 valence electrons. The average molecular weight is 421 g/mol. The summed E-state index contributed by atoms with van der Waals surface area (Å²) in [6.07, 6.45) is 3.54. The van der Waals surface area contributed by atoms with E-state index in [9.17, 15) is 9.59 Å². The van der Waals surface area contributed by atoms with E-state index in [-0.39, 0.29) is 24.0 Å². The smallest absolute Gasteiger partial charge is 0.335 e. The highest BCUT2D eigenvalue weighted by Gasteiger charge is 2.16. The van der Waals surface area contributed by atoms with Crippen LogP contribution in [-0.2, 0) is 6.54 Å². The van der Waals surface area contributed by atoms with Crippen LogP contribution < -0.4 is 14.8 Å². The van der Waals surface area contributed by atoms with Gasteiger partial charge in [-0.3, -0.25) is 4.79 Å². The molecule has 8 nitrogen and oxygen atoms in total. The van der Waals surface area contributed by atoms with Gasteiger partial charge in [-0.2, -0.15) is 0 Å². The minimum absolute atomic E-state index is 0.0399. The van der Waals surface area contributed by atoms with Crippen LogP contribution in [0.2, 0.25) is 0 Å². The fraction of sp³-hybridized carbons (Fsp3) is 0.217. The number of rotatable bonds is 9. The van der Waals surface area contributed by atoms with E-state index in [0.717, 1.165) is 11.1 Å². The zero-order chi connectivity index (χ0) is 22.2. The Labute approximate surface area is 179 Å². The van der Waals surface area contributed by atoms with Crippen LogP contribution in [0.1, 0.15) is 51.6 Å². The minimum atomic E-state index is -0.996. The number of nitrogens with zero attached hydrogens (tertiary/aromatic N) is 2. The van der Waals surface area contributed by atoms with Crippen molar-refractivity contribution in [3.05, 3.63) is 83.4 Å². The van der Waals surface area contributed by atoms with Crippen molar-refractivity contribution in [3.8, 4) is 11.5 Å². The summed E-state index contributed by atoms with van der Waals surface area (Å²) < 4.78 is 11.4. The topological polar surface area (TPSA) is 111 Å². The average Bonchev–Trinajstić information content (AvgIpc) is 2.81. The molecule has 0 radical (unpaired) electrons.